The molecular weight excluding hydrogens is 336 g/mol. The number of aryl methyl sites for hydroxylation is 2. The predicted octanol–water partition coefficient (Wildman–Crippen LogP) is 4.89. The summed E-state index contributed by atoms with van der Waals surface area (Å²) >= 11 is 0. The maximum Gasteiger partial charge on any atom is 0.224 e. The van der Waals surface area contributed by atoms with Crippen molar-refractivity contribution in [3.05, 3.63) is 29.6 Å². The van der Waals surface area contributed by atoms with E-state index in [0.29, 0.717) is 12.3 Å². The Morgan fingerprint density at radius 1 is 1.11 bits per heavy atom. The molecule has 1 aromatic carbocycles. The van der Waals surface area contributed by atoms with Gasteiger partial charge in [0.2, 0.25) is 5.91 Å². The zero-order valence-electron chi connectivity index (χ0n) is 16.3. The Morgan fingerprint density at radius 3 is 2.78 bits per heavy atom. The van der Waals surface area contributed by atoms with Gasteiger partial charge in [-0.15, -0.1) is 10.2 Å². The number of hydrogen-bond donors (Lipinski definition) is 1. The lowest BCUT2D eigenvalue weighted by Crippen LogP contribution is -2.18. The quantitative estimate of drug-likeness (QED) is 0.838. The van der Waals surface area contributed by atoms with Gasteiger partial charge in [0, 0.05) is 30.6 Å². The van der Waals surface area contributed by atoms with Crippen LogP contribution in [0, 0.1) is 12.8 Å². The van der Waals surface area contributed by atoms with E-state index in [1.54, 1.807) is 0 Å². The Kier molecular flexibility index (Phi) is 5.55. The lowest BCUT2D eigenvalue weighted by Gasteiger charge is -2.21. The SMILES string of the molecule is Cc1ccc(-c2nnc3n2CCCCC3)cc1NC(=O)CC1CCCCC1. The summed E-state index contributed by atoms with van der Waals surface area (Å²) in [6.45, 7) is 3.03. The van der Waals surface area contributed by atoms with E-state index in [4.69, 9.17) is 0 Å². The van der Waals surface area contributed by atoms with Gasteiger partial charge >= 0.3 is 0 Å². The van der Waals surface area contributed by atoms with Gasteiger partial charge in [-0.2, -0.15) is 0 Å². The van der Waals surface area contributed by atoms with E-state index in [0.717, 1.165) is 41.4 Å². The molecule has 0 bridgehead atoms. The molecule has 1 fully saturated rings. The maximum absolute atomic E-state index is 12.6. The molecular formula is C22H30N4O. The zero-order valence-corrected chi connectivity index (χ0v) is 16.3. The molecule has 27 heavy (non-hydrogen) atoms. The molecule has 1 saturated carbocycles. The van der Waals surface area contributed by atoms with Crippen LogP contribution in [-0.2, 0) is 17.8 Å². The first kappa shape index (κ1) is 18.2. The molecule has 1 aliphatic heterocycles. The average Bonchev–Trinajstić information content (AvgIpc) is 2.92. The lowest BCUT2D eigenvalue weighted by atomic mass is 9.87. The molecule has 2 aliphatic rings. The van der Waals surface area contributed by atoms with Crippen molar-refractivity contribution >= 4 is 11.6 Å². The van der Waals surface area contributed by atoms with Crippen LogP contribution in [0.4, 0.5) is 5.69 Å². The van der Waals surface area contributed by atoms with Gasteiger partial charge in [-0.25, -0.2) is 0 Å². The van der Waals surface area contributed by atoms with E-state index in [9.17, 15) is 4.79 Å². The first-order valence-corrected chi connectivity index (χ1v) is 10.5. The fourth-order valence-corrected chi connectivity index (χ4v) is 4.45. The number of nitrogens with zero attached hydrogens (tertiary/aromatic N) is 3. The van der Waals surface area contributed by atoms with Gasteiger partial charge in [0.15, 0.2) is 5.82 Å². The third kappa shape index (κ3) is 4.23. The lowest BCUT2D eigenvalue weighted by molar-refractivity contribution is -0.117. The number of nitrogens with one attached hydrogen (secondary N) is 1. The number of hydrogen-bond acceptors (Lipinski definition) is 3. The van der Waals surface area contributed by atoms with E-state index in [1.807, 2.05) is 6.92 Å². The molecule has 0 saturated heterocycles. The third-order valence-corrected chi connectivity index (χ3v) is 6.08. The Balaban J connectivity index is 1.51. The van der Waals surface area contributed by atoms with E-state index >= 15 is 0 Å². The van der Waals surface area contributed by atoms with Crippen LogP contribution < -0.4 is 5.32 Å². The summed E-state index contributed by atoms with van der Waals surface area (Å²) in [6.07, 6.45) is 11.5. The van der Waals surface area contributed by atoms with Gasteiger partial charge in [-0.3, -0.25) is 4.79 Å². The molecule has 0 spiro atoms. The van der Waals surface area contributed by atoms with Gasteiger partial charge in [-0.1, -0.05) is 37.8 Å². The standard InChI is InChI=1S/C22H30N4O/c1-16-11-12-18(22-25-24-20-10-6-3-7-13-26(20)22)15-19(16)23-21(27)14-17-8-4-2-5-9-17/h11-12,15,17H,2-10,13-14H2,1H3,(H,23,27). The van der Waals surface area contributed by atoms with Crippen molar-refractivity contribution in [2.75, 3.05) is 5.32 Å². The number of carbonyl (C=O) groups excluding carboxylic acids is 1. The van der Waals surface area contributed by atoms with Crippen LogP contribution in [0.5, 0.6) is 0 Å². The largest absolute Gasteiger partial charge is 0.326 e. The monoisotopic (exact) mass is 366 g/mol. The second-order valence-electron chi connectivity index (χ2n) is 8.19. The van der Waals surface area contributed by atoms with E-state index in [-0.39, 0.29) is 5.91 Å². The van der Waals surface area contributed by atoms with Gasteiger partial charge in [-0.05, 0) is 50.2 Å². The number of rotatable bonds is 4. The third-order valence-electron chi connectivity index (χ3n) is 6.08. The van der Waals surface area contributed by atoms with Gasteiger partial charge in [0.25, 0.3) is 0 Å². The fraction of sp³-hybridized carbons (Fsp3) is 0.591. The number of amides is 1. The number of anilines is 1. The van der Waals surface area contributed by atoms with Crippen molar-refractivity contribution in [3.8, 4) is 11.4 Å². The second kappa shape index (κ2) is 8.24. The minimum atomic E-state index is 0.141. The van der Waals surface area contributed by atoms with Crippen LogP contribution in [0.1, 0.15) is 69.2 Å². The summed E-state index contributed by atoms with van der Waals surface area (Å²) < 4.78 is 2.26. The summed E-state index contributed by atoms with van der Waals surface area (Å²) in [5.74, 6) is 2.71. The molecule has 2 aromatic rings. The highest BCUT2D eigenvalue weighted by atomic mass is 16.1. The molecule has 2 heterocycles. The molecule has 0 atom stereocenters. The van der Waals surface area contributed by atoms with Gasteiger partial charge in [0.05, 0.1) is 0 Å². The molecule has 0 unspecified atom stereocenters. The summed E-state index contributed by atoms with van der Waals surface area (Å²) in [6, 6.07) is 6.23. The van der Waals surface area contributed by atoms with Crippen LogP contribution >= 0.6 is 0 Å². The molecule has 1 N–H and O–H groups in total. The summed E-state index contributed by atoms with van der Waals surface area (Å²) in [5.41, 5.74) is 3.03. The first-order valence-electron chi connectivity index (χ1n) is 10.5. The smallest absolute Gasteiger partial charge is 0.224 e. The Morgan fingerprint density at radius 2 is 1.93 bits per heavy atom. The molecule has 1 amide bonds. The van der Waals surface area contributed by atoms with Crippen LogP contribution in [0.2, 0.25) is 0 Å². The molecule has 5 nitrogen and oxygen atoms in total. The van der Waals surface area contributed by atoms with Crippen molar-refractivity contribution in [2.45, 2.75) is 77.7 Å². The van der Waals surface area contributed by atoms with E-state index < -0.39 is 0 Å². The number of fused-ring (bicyclic) bond motifs is 1. The molecule has 4 rings (SSSR count). The Labute approximate surface area is 161 Å². The van der Waals surface area contributed by atoms with Gasteiger partial charge < -0.3 is 9.88 Å². The van der Waals surface area contributed by atoms with Crippen LogP contribution in [0.15, 0.2) is 18.2 Å². The number of benzene rings is 1. The zero-order chi connectivity index (χ0) is 18.6. The number of carbonyl (C=O) groups is 1. The van der Waals surface area contributed by atoms with Crippen molar-refractivity contribution < 1.29 is 4.79 Å². The van der Waals surface area contributed by atoms with Crippen molar-refractivity contribution in [2.24, 2.45) is 5.92 Å². The number of aromatic nitrogens is 3. The van der Waals surface area contributed by atoms with E-state index in [2.05, 4.69) is 38.3 Å². The summed E-state index contributed by atoms with van der Waals surface area (Å²) in [5, 5.41) is 12.0. The van der Waals surface area contributed by atoms with Crippen molar-refractivity contribution in [3.63, 3.8) is 0 Å². The molecule has 144 valence electrons. The minimum Gasteiger partial charge on any atom is -0.326 e. The molecule has 1 aromatic heterocycles. The molecule has 0 radical (unpaired) electrons. The normalized spacial score (nSPS) is 18.0. The fourth-order valence-electron chi connectivity index (χ4n) is 4.45. The predicted molar refractivity (Wildman–Crippen MR) is 108 cm³/mol. The van der Waals surface area contributed by atoms with Crippen LogP contribution in [-0.4, -0.2) is 20.7 Å². The van der Waals surface area contributed by atoms with Gasteiger partial charge in [0.1, 0.15) is 5.82 Å². The minimum absolute atomic E-state index is 0.141. The molecule has 5 heteroatoms. The second-order valence-corrected chi connectivity index (χ2v) is 8.19. The topological polar surface area (TPSA) is 59.8 Å². The Bertz CT molecular complexity index is 805. The summed E-state index contributed by atoms with van der Waals surface area (Å²) in [7, 11) is 0. The highest BCUT2D eigenvalue weighted by Crippen LogP contribution is 2.29. The van der Waals surface area contributed by atoms with Crippen LogP contribution in [0.3, 0.4) is 0 Å². The molecule has 1 aliphatic carbocycles. The van der Waals surface area contributed by atoms with E-state index in [1.165, 1.54) is 51.4 Å². The maximum atomic E-state index is 12.6. The van der Waals surface area contributed by atoms with Crippen molar-refractivity contribution in [1.29, 1.82) is 0 Å². The highest BCUT2D eigenvalue weighted by molar-refractivity contribution is 5.92. The Hall–Kier alpha value is -2.17. The summed E-state index contributed by atoms with van der Waals surface area (Å²) in [4.78, 5) is 12.6. The average molecular weight is 367 g/mol. The van der Waals surface area contributed by atoms with Crippen LogP contribution in [0.25, 0.3) is 11.4 Å². The first-order chi connectivity index (χ1) is 13.2. The highest BCUT2D eigenvalue weighted by Gasteiger charge is 2.19. The van der Waals surface area contributed by atoms with Crippen molar-refractivity contribution in [1.82, 2.24) is 14.8 Å².